The van der Waals surface area contributed by atoms with Crippen molar-refractivity contribution in [3.63, 3.8) is 0 Å². The summed E-state index contributed by atoms with van der Waals surface area (Å²) in [6.45, 7) is 1.09. The van der Waals surface area contributed by atoms with E-state index >= 15 is 0 Å². The molecule has 1 atom stereocenters. The average molecular weight is 287 g/mol. The van der Waals surface area contributed by atoms with E-state index < -0.39 is 11.9 Å². The van der Waals surface area contributed by atoms with Crippen LogP contribution in [0.3, 0.4) is 0 Å². The number of amides is 1. The van der Waals surface area contributed by atoms with Crippen molar-refractivity contribution >= 4 is 11.9 Å². The van der Waals surface area contributed by atoms with E-state index in [1.165, 1.54) is 5.56 Å². The fourth-order valence-electron chi connectivity index (χ4n) is 3.30. The Hall–Kier alpha value is -1.84. The van der Waals surface area contributed by atoms with E-state index in [9.17, 15) is 9.59 Å². The van der Waals surface area contributed by atoms with Gasteiger partial charge in [-0.2, -0.15) is 0 Å². The summed E-state index contributed by atoms with van der Waals surface area (Å²) in [7, 11) is 0. The van der Waals surface area contributed by atoms with Gasteiger partial charge in [-0.15, -0.1) is 0 Å². The molecule has 1 saturated heterocycles. The van der Waals surface area contributed by atoms with Crippen LogP contribution >= 0.6 is 0 Å². The Morgan fingerprint density at radius 2 is 1.95 bits per heavy atom. The Labute approximate surface area is 124 Å². The van der Waals surface area contributed by atoms with Crippen molar-refractivity contribution in [2.45, 2.75) is 32.1 Å². The van der Waals surface area contributed by atoms with Crippen LogP contribution in [0.15, 0.2) is 30.3 Å². The summed E-state index contributed by atoms with van der Waals surface area (Å²) >= 11 is 0. The predicted octanol–water partition coefficient (Wildman–Crippen LogP) is 2.33. The van der Waals surface area contributed by atoms with E-state index in [1.54, 1.807) is 4.90 Å². The second-order valence-corrected chi connectivity index (χ2v) is 6.37. The Morgan fingerprint density at radius 3 is 2.57 bits per heavy atom. The second kappa shape index (κ2) is 5.51. The van der Waals surface area contributed by atoms with Crippen LogP contribution in [0.1, 0.15) is 31.2 Å². The van der Waals surface area contributed by atoms with Gasteiger partial charge in [0.15, 0.2) is 0 Å². The number of rotatable bonds is 4. The van der Waals surface area contributed by atoms with Gasteiger partial charge in [-0.05, 0) is 37.7 Å². The zero-order valence-electron chi connectivity index (χ0n) is 12.1. The van der Waals surface area contributed by atoms with Gasteiger partial charge in [0.05, 0.1) is 11.3 Å². The van der Waals surface area contributed by atoms with Gasteiger partial charge < -0.3 is 10.0 Å². The minimum Gasteiger partial charge on any atom is -0.481 e. The molecule has 0 unspecified atom stereocenters. The highest BCUT2D eigenvalue weighted by Crippen LogP contribution is 2.50. The first kappa shape index (κ1) is 14.1. The number of carbonyl (C=O) groups is 2. The molecule has 2 fully saturated rings. The van der Waals surface area contributed by atoms with Gasteiger partial charge in [0.1, 0.15) is 0 Å². The molecular formula is C17H21NO3. The number of nitrogens with zero attached hydrogens (tertiary/aromatic N) is 1. The minimum atomic E-state index is -0.777. The number of hydrogen-bond acceptors (Lipinski definition) is 2. The van der Waals surface area contributed by atoms with Crippen LogP contribution in [0.25, 0.3) is 0 Å². The third-order valence-corrected chi connectivity index (χ3v) is 4.75. The zero-order chi connectivity index (χ0) is 14.9. The molecule has 1 N–H and O–H groups in total. The van der Waals surface area contributed by atoms with Gasteiger partial charge in [0, 0.05) is 13.1 Å². The molecular weight excluding hydrogens is 266 g/mol. The summed E-state index contributed by atoms with van der Waals surface area (Å²) in [4.78, 5) is 25.7. The Balaban J connectivity index is 1.68. The molecule has 0 radical (unpaired) electrons. The Bertz CT molecular complexity index is 536. The monoisotopic (exact) mass is 287 g/mol. The highest BCUT2D eigenvalue weighted by Gasteiger charge is 2.52. The number of hydrogen-bond donors (Lipinski definition) is 1. The van der Waals surface area contributed by atoms with Crippen molar-refractivity contribution in [1.29, 1.82) is 0 Å². The lowest BCUT2D eigenvalue weighted by molar-refractivity contribution is -0.147. The van der Waals surface area contributed by atoms with Gasteiger partial charge >= 0.3 is 5.97 Å². The van der Waals surface area contributed by atoms with E-state index in [-0.39, 0.29) is 11.3 Å². The normalized spacial score (nSPS) is 23.6. The number of likely N-dealkylation sites (tertiary alicyclic amines) is 1. The second-order valence-electron chi connectivity index (χ2n) is 6.37. The van der Waals surface area contributed by atoms with E-state index in [1.807, 2.05) is 18.2 Å². The fourth-order valence-corrected chi connectivity index (χ4v) is 3.30. The quantitative estimate of drug-likeness (QED) is 0.924. The molecule has 1 amide bonds. The average Bonchev–Trinajstić information content (AvgIpc) is 3.28. The summed E-state index contributed by atoms with van der Waals surface area (Å²) in [5, 5.41) is 9.15. The van der Waals surface area contributed by atoms with E-state index in [0.717, 1.165) is 25.7 Å². The molecule has 21 heavy (non-hydrogen) atoms. The summed E-state index contributed by atoms with van der Waals surface area (Å²) in [6.07, 6.45) is 4.11. The van der Waals surface area contributed by atoms with Crippen molar-refractivity contribution in [1.82, 2.24) is 4.90 Å². The van der Waals surface area contributed by atoms with Crippen LogP contribution in [0.2, 0.25) is 0 Å². The first-order chi connectivity index (χ1) is 10.1. The van der Waals surface area contributed by atoms with Crippen molar-refractivity contribution in [3.05, 3.63) is 35.9 Å². The van der Waals surface area contributed by atoms with Crippen LogP contribution in [-0.2, 0) is 16.0 Å². The van der Waals surface area contributed by atoms with E-state index in [0.29, 0.717) is 19.5 Å². The van der Waals surface area contributed by atoms with Crippen LogP contribution in [-0.4, -0.2) is 35.0 Å². The molecule has 1 aliphatic heterocycles. The minimum absolute atomic E-state index is 0.164. The van der Waals surface area contributed by atoms with Crippen molar-refractivity contribution in [2.24, 2.45) is 11.3 Å². The molecule has 3 rings (SSSR count). The smallest absolute Gasteiger partial charge is 0.308 e. The lowest BCUT2D eigenvalue weighted by Crippen LogP contribution is -2.46. The summed E-state index contributed by atoms with van der Waals surface area (Å²) in [6, 6.07) is 10.1. The van der Waals surface area contributed by atoms with Crippen LogP contribution in [0.5, 0.6) is 0 Å². The predicted molar refractivity (Wildman–Crippen MR) is 78.8 cm³/mol. The Morgan fingerprint density at radius 1 is 1.24 bits per heavy atom. The molecule has 0 bridgehead atoms. The van der Waals surface area contributed by atoms with Gasteiger partial charge in [-0.25, -0.2) is 0 Å². The highest BCUT2D eigenvalue weighted by atomic mass is 16.4. The van der Waals surface area contributed by atoms with Crippen LogP contribution in [0, 0.1) is 11.3 Å². The first-order valence-corrected chi connectivity index (χ1v) is 7.67. The van der Waals surface area contributed by atoms with Crippen molar-refractivity contribution in [2.75, 3.05) is 13.1 Å². The zero-order valence-corrected chi connectivity index (χ0v) is 12.1. The van der Waals surface area contributed by atoms with E-state index in [2.05, 4.69) is 12.1 Å². The number of carboxylic acid groups (broad SMARTS) is 1. The summed E-state index contributed by atoms with van der Waals surface area (Å²) in [5.41, 5.74) is 0.928. The van der Waals surface area contributed by atoms with Crippen LogP contribution < -0.4 is 0 Å². The number of aliphatic carboxylic acids is 1. The molecule has 1 heterocycles. The summed E-state index contributed by atoms with van der Waals surface area (Å²) < 4.78 is 0. The molecule has 4 heteroatoms. The standard InChI is InChI=1S/C17H21NO3/c19-15(20)14-7-4-10-18(12-14)16(21)17(8-9-17)11-13-5-2-1-3-6-13/h1-3,5-6,14H,4,7-12H2,(H,19,20)/t14-/m0/s1. The Kier molecular flexibility index (Phi) is 3.70. The number of carboxylic acids is 1. The van der Waals surface area contributed by atoms with Crippen molar-refractivity contribution in [3.8, 4) is 0 Å². The lowest BCUT2D eigenvalue weighted by atomic mass is 9.92. The SMILES string of the molecule is O=C(O)[C@H]1CCCN(C(=O)C2(Cc3ccccc3)CC2)C1. The molecule has 2 aliphatic rings. The van der Waals surface area contributed by atoms with Crippen molar-refractivity contribution < 1.29 is 14.7 Å². The molecule has 1 aromatic carbocycles. The van der Waals surface area contributed by atoms with Gasteiger partial charge in [0.2, 0.25) is 5.91 Å². The largest absolute Gasteiger partial charge is 0.481 e. The van der Waals surface area contributed by atoms with Gasteiger partial charge in [0.25, 0.3) is 0 Å². The maximum absolute atomic E-state index is 12.8. The van der Waals surface area contributed by atoms with Gasteiger partial charge in [-0.1, -0.05) is 30.3 Å². The molecule has 1 aromatic rings. The molecule has 0 aromatic heterocycles. The van der Waals surface area contributed by atoms with Crippen LogP contribution in [0.4, 0.5) is 0 Å². The molecule has 0 spiro atoms. The number of piperidine rings is 1. The third-order valence-electron chi connectivity index (χ3n) is 4.75. The first-order valence-electron chi connectivity index (χ1n) is 7.67. The topological polar surface area (TPSA) is 57.6 Å². The molecule has 4 nitrogen and oxygen atoms in total. The van der Waals surface area contributed by atoms with Gasteiger partial charge in [-0.3, -0.25) is 9.59 Å². The number of carbonyl (C=O) groups excluding carboxylic acids is 1. The lowest BCUT2D eigenvalue weighted by Gasteiger charge is -2.33. The maximum Gasteiger partial charge on any atom is 0.308 e. The third kappa shape index (κ3) is 2.94. The summed E-state index contributed by atoms with van der Waals surface area (Å²) in [5.74, 6) is -1.01. The number of benzene rings is 1. The maximum atomic E-state index is 12.8. The van der Waals surface area contributed by atoms with E-state index in [4.69, 9.17) is 5.11 Å². The molecule has 112 valence electrons. The molecule has 1 aliphatic carbocycles. The highest BCUT2D eigenvalue weighted by molar-refractivity contribution is 5.86. The fraction of sp³-hybridized carbons (Fsp3) is 0.529. The molecule has 1 saturated carbocycles.